The fourth-order valence-electron chi connectivity index (χ4n) is 1.31. The summed E-state index contributed by atoms with van der Waals surface area (Å²) < 4.78 is 0.925. The van der Waals surface area contributed by atoms with E-state index in [1.54, 1.807) is 18.3 Å². The first-order valence-corrected chi connectivity index (χ1v) is 5.79. The lowest BCUT2D eigenvalue weighted by Gasteiger charge is -2.11. The van der Waals surface area contributed by atoms with Crippen molar-refractivity contribution < 1.29 is 14.7 Å². The van der Waals surface area contributed by atoms with Crippen molar-refractivity contribution in [3.05, 3.63) is 27.6 Å². The van der Waals surface area contributed by atoms with Gasteiger partial charge in [0, 0.05) is 9.77 Å². The molecule has 1 heterocycles. The Morgan fingerprint density at radius 3 is 2.56 bits per heavy atom. The summed E-state index contributed by atoms with van der Waals surface area (Å²) in [7, 11) is 0. The quantitative estimate of drug-likeness (QED) is 0.811. The second-order valence-corrected chi connectivity index (χ2v) is 4.95. The highest BCUT2D eigenvalue weighted by atomic mass is 127. The summed E-state index contributed by atoms with van der Waals surface area (Å²) in [5.41, 5.74) is -0.810. The van der Waals surface area contributed by atoms with Crippen LogP contribution in [0.4, 0.5) is 0 Å². The molecule has 84 valence electrons. The third-order valence-electron chi connectivity index (χ3n) is 2.47. The zero-order valence-electron chi connectivity index (χ0n) is 8.24. The van der Waals surface area contributed by atoms with Crippen molar-refractivity contribution in [3.63, 3.8) is 0 Å². The number of carbonyl (C=O) groups is 2. The van der Waals surface area contributed by atoms with E-state index in [-0.39, 0.29) is 5.69 Å². The molecule has 1 aliphatic rings. The molecule has 0 radical (unpaired) electrons. The number of aliphatic carboxylic acids is 1. The Kier molecular flexibility index (Phi) is 2.83. The Hall–Kier alpha value is -1.18. The molecule has 1 aromatic rings. The van der Waals surface area contributed by atoms with E-state index < -0.39 is 17.4 Å². The van der Waals surface area contributed by atoms with Gasteiger partial charge in [-0.15, -0.1) is 0 Å². The van der Waals surface area contributed by atoms with Crippen LogP contribution in [0.15, 0.2) is 18.3 Å². The van der Waals surface area contributed by atoms with Crippen molar-refractivity contribution in [2.45, 2.75) is 18.4 Å². The number of carboxylic acid groups (broad SMARTS) is 1. The van der Waals surface area contributed by atoms with Gasteiger partial charge in [-0.3, -0.25) is 4.79 Å². The fourth-order valence-corrected chi connectivity index (χ4v) is 1.63. The molecule has 1 aliphatic carbocycles. The van der Waals surface area contributed by atoms with Gasteiger partial charge < -0.3 is 10.4 Å². The number of amides is 1. The van der Waals surface area contributed by atoms with Gasteiger partial charge in [0.2, 0.25) is 0 Å². The summed E-state index contributed by atoms with van der Waals surface area (Å²) in [4.78, 5) is 26.5. The number of carboxylic acids is 1. The predicted molar refractivity (Wildman–Crippen MR) is 64.0 cm³/mol. The van der Waals surface area contributed by atoms with Gasteiger partial charge in [-0.25, -0.2) is 9.78 Å². The molecule has 0 saturated heterocycles. The SMILES string of the molecule is O=C(NC1(C(=O)O)CC1)c1ccc(I)cn1. The number of halogens is 1. The lowest BCUT2D eigenvalue weighted by atomic mass is 10.2. The van der Waals surface area contributed by atoms with Crippen molar-refractivity contribution in [3.8, 4) is 0 Å². The van der Waals surface area contributed by atoms with Crippen LogP contribution in [0.1, 0.15) is 23.3 Å². The Balaban J connectivity index is 2.09. The highest BCUT2D eigenvalue weighted by Gasteiger charge is 2.51. The Morgan fingerprint density at radius 1 is 1.44 bits per heavy atom. The van der Waals surface area contributed by atoms with Gasteiger partial charge >= 0.3 is 5.97 Å². The number of hydrogen-bond acceptors (Lipinski definition) is 3. The summed E-state index contributed by atoms with van der Waals surface area (Å²) >= 11 is 2.08. The van der Waals surface area contributed by atoms with Crippen LogP contribution in [0, 0.1) is 3.57 Å². The molecule has 2 rings (SSSR count). The third kappa shape index (κ3) is 2.16. The molecule has 0 unspecified atom stereocenters. The normalized spacial score (nSPS) is 16.6. The van der Waals surface area contributed by atoms with Crippen LogP contribution < -0.4 is 5.32 Å². The molecule has 0 aliphatic heterocycles. The van der Waals surface area contributed by atoms with Gasteiger partial charge in [0.25, 0.3) is 5.91 Å². The van der Waals surface area contributed by atoms with Gasteiger partial charge in [-0.2, -0.15) is 0 Å². The first-order chi connectivity index (χ1) is 7.53. The van der Waals surface area contributed by atoms with E-state index >= 15 is 0 Å². The Bertz CT molecular complexity index is 440. The molecule has 6 heteroatoms. The molecular weight excluding hydrogens is 323 g/mol. The highest BCUT2D eigenvalue weighted by molar-refractivity contribution is 14.1. The van der Waals surface area contributed by atoms with E-state index in [9.17, 15) is 9.59 Å². The van der Waals surface area contributed by atoms with E-state index in [0.29, 0.717) is 12.8 Å². The van der Waals surface area contributed by atoms with E-state index in [1.165, 1.54) is 0 Å². The monoisotopic (exact) mass is 332 g/mol. The first kappa shape index (κ1) is 11.3. The van der Waals surface area contributed by atoms with Gasteiger partial charge in [-0.05, 0) is 47.6 Å². The zero-order valence-corrected chi connectivity index (χ0v) is 10.4. The van der Waals surface area contributed by atoms with Crippen LogP contribution in [0.3, 0.4) is 0 Å². The maximum absolute atomic E-state index is 11.7. The van der Waals surface area contributed by atoms with Gasteiger partial charge in [0.05, 0.1) is 0 Å². The number of aromatic nitrogens is 1. The maximum atomic E-state index is 11.7. The van der Waals surface area contributed by atoms with E-state index in [4.69, 9.17) is 5.11 Å². The molecular formula is C10H9IN2O3. The summed E-state index contributed by atoms with van der Waals surface area (Å²) in [6.45, 7) is 0. The van der Waals surface area contributed by atoms with E-state index in [0.717, 1.165) is 3.57 Å². The first-order valence-electron chi connectivity index (χ1n) is 4.71. The standard InChI is InChI=1S/C10H9IN2O3/c11-6-1-2-7(12-5-6)8(14)13-10(3-4-10)9(15)16/h1-2,5H,3-4H2,(H,13,14)(H,15,16). The zero-order chi connectivity index (χ0) is 11.8. The maximum Gasteiger partial charge on any atom is 0.329 e. The lowest BCUT2D eigenvalue weighted by molar-refractivity contribution is -0.140. The topological polar surface area (TPSA) is 79.3 Å². The number of hydrogen-bond donors (Lipinski definition) is 2. The van der Waals surface area contributed by atoms with Crippen LogP contribution >= 0.6 is 22.6 Å². The highest BCUT2D eigenvalue weighted by Crippen LogP contribution is 2.35. The smallest absolute Gasteiger partial charge is 0.329 e. The Labute approximate surface area is 105 Å². The minimum Gasteiger partial charge on any atom is -0.480 e. The number of carbonyl (C=O) groups excluding carboxylic acids is 1. The summed E-state index contributed by atoms with van der Waals surface area (Å²) in [5.74, 6) is -1.41. The van der Waals surface area contributed by atoms with Crippen molar-refractivity contribution in [1.82, 2.24) is 10.3 Å². The van der Waals surface area contributed by atoms with Crippen molar-refractivity contribution in [2.75, 3.05) is 0 Å². The average molecular weight is 332 g/mol. The van der Waals surface area contributed by atoms with Crippen molar-refractivity contribution in [1.29, 1.82) is 0 Å². The number of rotatable bonds is 3. The van der Waals surface area contributed by atoms with Crippen LogP contribution in [-0.2, 0) is 4.79 Å². The molecule has 5 nitrogen and oxygen atoms in total. The molecule has 16 heavy (non-hydrogen) atoms. The molecule has 1 amide bonds. The van der Waals surface area contributed by atoms with Crippen molar-refractivity contribution in [2.24, 2.45) is 0 Å². The largest absolute Gasteiger partial charge is 0.480 e. The van der Waals surface area contributed by atoms with Crippen LogP contribution in [-0.4, -0.2) is 27.5 Å². The Morgan fingerprint density at radius 2 is 2.12 bits per heavy atom. The molecule has 0 spiro atoms. The number of pyridine rings is 1. The summed E-state index contributed by atoms with van der Waals surface area (Å²) in [6, 6.07) is 3.33. The summed E-state index contributed by atoms with van der Waals surface area (Å²) in [6.07, 6.45) is 2.53. The van der Waals surface area contributed by atoms with Crippen LogP contribution in [0.25, 0.3) is 0 Å². The summed E-state index contributed by atoms with van der Waals surface area (Å²) in [5, 5.41) is 11.4. The van der Waals surface area contributed by atoms with E-state index in [1.807, 2.05) is 0 Å². The molecule has 0 atom stereocenters. The number of nitrogens with zero attached hydrogens (tertiary/aromatic N) is 1. The van der Waals surface area contributed by atoms with Gasteiger partial charge in [0.1, 0.15) is 11.2 Å². The average Bonchev–Trinajstić information content (AvgIpc) is 3.00. The van der Waals surface area contributed by atoms with Crippen LogP contribution in [0.5, 0.6) is 0 Å². The van der Waals surface area contributed by atoms with E-state index in [2.05, 4.69) is 32.9 Å². The molecule has 0 aromatic carbocycles. The minimum atomic E-state index is -1.05. The molecule has 1 fully saturated rings. The minimum absolute atomic E-state index is 0.243. The molecule has 0 bridgehead atoms. The molecule has 1 saturated carbocycles. The predicted octanol–water partition coefficient (Wildman–Crippen LogP) is 1.03. The fraction of sp³-hybridized carbons (Fsp3) is 0.300. The number of nitrogens with one attached hydrogen (secondary N) is 1. The van der Waals surface area contributed by atoms with Gasteiger partial charge in [-0.1, -0.05) is 0 Å². The molecule has 1 aromatic heterocycles. The molecule has 2 N–H and O–H groups in total. The third-order valence-corrected chi connectivity index (χ3v) is 3.11. The lowest BCUT2D eigenvalue weighted by Crippen LogP contribution is -2.43. The second-order valence-electron chi connectivity index (χ2n) is 3.70. The van der Waals surface area contributed by atoms with Crippen molar-refractivity contribution >= 4 is 34.5 Å². The van der Waals surface area contributed by atoms with Crippen LogP contribution in [0.2, 0.25) is 0 Å². The van der Waals surface area contributed by atoms with Gasteiger partial charge in [0.15, 0.2) is 0 Å². The second kappa shape index (κ2) is 4.00.